The first kappa shape index (κ1) is 22.8. The smallest absolute Gasteiger partial charge is 0.337 e. The van der Waals surface area contributed by atoms with Crippen molar-refractivity contribution in [3.05, 3.63) is 54.0 Å². The van der Waals surface area contributed by atoms with Gasteiger partial charge in [0.05, 0.1) is 37.6 Å². The number of furan rings is 1. The number of rotatable bonds is 6. The minimum absolute atomic E-state index is 0.104. The fourth-order valence-electron chi connectivity index (χ4n) is 4.89. The lowest BCUT2D eigenvalue weighted by Crippen LogP contribution is -2.46. The summed E-state index contributed by atoms with van der Waals surface area (Å²) in [6, 6.07) is 8.58. The van der Waals surface area contributed by atoms with Gasteiger partial charge in [0.1, 0.15) is 11.8 Å². The van der Waals surface area contributed by atoms with E-state index in [4.69, 9.17) is 9.15 Å². The summed E-state index contributed by atoms with van der Waals surface area (Å²) in [4.78, 5) is 54.2. The summed E-state index contributed by atoms with van der Waals surface area (Å²) in [7, 11) is 1.28. The highest BCUT2D eigenvalue weighted by molar-refractivity contribution is 6.23. The molecule has 1 atom stereocenters. The van der Waals surface area contributed by atoms with Crippen LogP contribution in [0.4, 0.5) is 5.69 Å². The Kier molecular flexibility index (Phi) is 5.42. The van der Waals surface area contributed by atoms with Crippen LogP contribution in [0.2, 0.25) is 0 Å². The maximum absolute atomic E-state index is 13.6. The molecule has 3 amide bonds. The molecule has 1 aromatic heterocycles. The van der Waals surface area contributed by atoms with Gasteiger partial charge in [-0.1, -0.05) is 27.7 Å². The number of imide groups is 1. The average molecular weight is 453 g/mol. The molecule has 2 aromatic rings. The molecular formula is C25H28N2O6. The molecule has 2 aliphatic rings. The number of carbonyl (C=O) groups is 4. The first-order chi connectivity index (χ1) is 15.5. The first-order valence-corrected chi connectivity index (χ1v) is 10.9. The highest BCUT2D eigenvalue weighted by atomic mass is 16.5. The molecule has 0 spiro atoms. The molecule has 0 bridgehead atoms. The number of esters is 1. The molecule has 1 unspecified atom stereocenters. The zero-order chi connectivity index (χ0) is 24.1. The Balaban J connectivity index is 1.63. The Hall–Kier alpha value is -3.42. The number of methoxy groups -OCH3 is 1. The largest absolute Gasteiger partial charge is 0.467 e. The number of hydrogen-bond acceptors (Lipinski definition) is 6. The van der Waals surface area contributed by atoms with Crippen LogP contribution in [0.5, 0.6) is 0 Å². The summed E-state index contributed by atoms with van der Waals surface area (Å²) >= 11 is 0. The number of benzene rings is 1. The van der Waals surface area contributed by atoms with Gasteiger partial charge in [-0.15, -0.1) is 0 Å². The van der Waals surface area contributed by atoms with Gasteiger partial charge >= 0.3 is 5.97 Å². The van der Waals surface area contributed by atoms with E-state index < -0.39 is 23.8 Å². The van der Waals surface area contributed by atoms with Gasteiger partial charge in [0.15, 0.2) is 0 Å². The van der Waals surface area contributed by atoms with Crippen molar-refractivity contribution in [1.82, 2.24) is 4.90 Å². The summed E-state index contributed by atoms with van der Waals surface area (Å²) in [6.07, 6.45) is 1.40. The summed E-state index contributed by atoms with van der Waals surface area (Å²) < 4.78 is 10.1. The maximum Gasteiger partial charge on any atom is 0.337 e. The molecule has 1 saturated heterocycles. The van der Waals surface area contributed by atoms with E-state index in [1.165, 1.54) is 42.5 Å². The van der Waals surface area contributed by atoms with Crippen molar-refractivity contribution in [2.75, 3.05) is 12.0 Å². The zero-order valence-corrected chi connectivity index (χ0v) is 19.5. The number of ether oxygens (including phenoxy) is 1. The van der Waals surface area contributed by atoms with Crippen LogP contribution in [-0.2, 0) is 25.7 Å². The number of hydrogen-bond donors (Lipinski definition) is 0. The number of amides is 3. The molecule has 8 heteroatoms. The van der Waals surface area contributed by atoms with Crippen LogP contribution in [0.1, 0.15) is 50.2 Å². The zero-order valence-electron chi connectivity index (χ0n) is 19.5. The molecule has 2 fully saturated rings. The fraction of sp³-hybridized carbons (Fsp3) is 0.440. The molecule has 1 saturated carbocycles. The van der Waals surface area contributed by atoms with Crippen molar-refractivity contribution in [2.45, 2.75) is 46.7 Å². The second kappa shape index (κ2) is 7.86. The van der Waals surface area contributed by atoms with Crippen molar-refractivity contribution in [3.63, 3.8) is 0 Å². The predicted molar refractivity (Wildman–Crippen MR) is 119 cm³/mol. The summed E-state index contributed by atoms with van der Waals surface area (Å²) in [5.74, 6) is -1.26. The van der Waals surface area contributed by atoms with Crippen LogP contribution in [-0.4, -0.2) is 41.7 Å². The molecule has 1 aliphatic heterocycles. The van der Waals surface area contributed by atoms with E-state index in [-0.39, 0.29) is 35.6 Å². The van der Waals surface area contributed by atoms with Crippen molar-refractivity contribution < 1.29 is 28.3 Å². The van der Waals surface area contributed by atoms with Crippen LogP contribution < -0.4 is 4.90 Å². The van der Waals surface area contributed by atoms with Crippen LogP contribution >= 0.6 is 0 Å². The van der Waals surface area contributed by atoms with Crippen molar-refractivity contribution in [3.8, 4) is 0 Å². The molecule has 8 nitrogen and oxygen atoms in total. The Morgan fingerprint density at radius 3 is 2.24 bits per heavy atom. The van der Waals surface area contributed by atoms with Gasteiger partial charge in [-0.05, 0) is 47.2 Å². The van der Waals surface area contributed by atoms with Gasteiger partial charge in [0, 0.05) is 5.92 Å². The molecule has 4 rings (SSSR count). The summed E-state index contributed by atoms with van der Waals surface area (Å²) in [5.41, 5.74) is 0.212. The third kappa shape index (κ3) is 3.63. The molecule has 33 heavy (non-hydrogen) atoms. The third-order valence-corrected chi connectivity index (χ3v) is 7.50. The predicted octanol–water partition coefficient (Wildman–Crippen LogP) is 3.41. The SMILES string of the molecule is COC(=O)c1ccc(N2C(=O)CC(N(Cc3ccco3)C(=O)C3C(C)(C)C3(C)C)C2=O)cc1. The minimum Gasteiger partial charge on any atom is -0.467 e. The van der Waals surface area contributed by atoms with Crippen LogP contribution in [0.3, 0.4) is 0 Å². The van der Waals surface area contributed by atoms with Gasteiger partial charge in [-0.3, -0.25) is 14.4 Å². The number of carbonyl (C=O) groups excluding carboxylic acids is 4. The lowest BCUT2D eigenvalue weighted by atomic mass is 10.0. The van der Waals surface area contributed by atoms with E-state index in [1.54, 1.807) is 12.1 Å². The Bertz CT molecular complexity index is 1090. The average Bonchev–Trinajstić information content (AvgIpc) is 3.19. The molecule has 0 N–H and O–H groups in total. The van der Waals surface area contributed by atoms with Crippen LogP contribution in [0, 0.1) is 16.7 Å². The van der Waals surface area contributed by atoms with Gasteiger partial charge in [-0.2, -0.15) is 0 Å². The standard InChI is InChI=1S/C25H28N2O6/c1-24(2)20(25(24,3)4)22(30)26(14-17-7-6-12-33-17)18-13-19(28)27(21(18)29)16-10-8-15(9-11-16)23(31)32-5/h6-12,18,20H,13-14H2,1-5H3. The van der Waals surface area contributed by atoms with E-state index in [2.05, 4.69) is 0 Å². The lowest BCUT2D eigenvalue weighted by Gasteiger charge is -2.28. The van der Waals surface area contributed by atoms with E-state index in [1.807, 2.05) is 27.7 Å². The molecular weight excluding hydrogens is 424 g/mol. The maximum atomic E-state index is 13.6. The molecule has 0 radical (unpaired) electrons. The van der Waals surface area contributed by atoms with E-state index in [9.17, 15) is 19.2 Å². The molecule has 174 valence electrons. The van der Waals surface area contributed by atoms with Crippen molar-refractivity contribution in [2.24, 2.45) is 16.7 Å². The second-order valence-electron chi connectivity index (χ2n) is 9.75. The summed E-state index contributed by atoms with van der Waals surface area (Å²) in [6.45, 7) is 8.26. The van der Waals surface area contributed by atoms with Gasteiger partial charge in [0.25, 0.3) is 5.91 Å². The molecule has 2 heterocycles. The van der Waals surface area contributed by atoms with Gasteiger partial charge in [-0.25, -0.2) is 9.69 Å². The number of anilines is 1. The Labute approximate surface area is 192 Å². The van der Waals surface area contributed by atoms with E-state index >= 15 is 0 Å². The Morgan fingerprint density at radius 1 is 1.09 bits per heavy atom. The highest BCUT2D eigenvalue weighted by Crippen LogP contribution is 2.69. The second-order valence-corrected chi connectivity index (χ2v) is 9.75. The topological polar surface area (TPSA) is 97.1 Å². The number of nitrogens with zero attached hydrogens (tertiary/aromatic N) is 2. The summed E-state index contributed by atoms with van der Waals surface area (Å²) in [5, 5.41) is 0. The molecule has 1 aromatic carbocycles. The minimum atomic E-state index is -0.928. The van der Waals surface area contributed by atoms with Crippen molar-refractivity contribution >= 4 is 29.4 Å². The lowest BCUT2D eigenvalue weighted by molar-refractivity contribution is -0.141. The van der Waals surface area contributed by atoms with Gasteiger partial charge < -0.3 is 14.1 Å². The molecule has 1 aliphatic carbocycles. The van der Waals surface area contributed by atoms with E-state index in [0.29, 0.717) is 17.0 Å². The van der Waals surface area contributed by atoms with Crippen molar-refractivity contribution in [1.29, 1.82) is 0 Å². The van der Waals surface area contributed by atoms with E-state index in [0.717, 1.165) is 4.90 Å². The Morgan fingerprint density at radius 2 is 1.73 bits per heavy atom. The third-order valence-electron chi connectivity index (χ3n) is 7.50. The van der Waals surface area contributed by atoms with Gasteiger partial charge in [0.2, 0.25) is 11.8 Å². The highest BCUT2D eigenvalue weighted by Gasteiger charge is 2.69. The monoisotopic (exact) mass is 452 g/mol. The quantitative estimate of drug-likeness (QED) is 0.492. The first-order valence-electron chi connectivity index (χ1n) is 10.9. The normalized spacial score (nSPS) is 21.2. The fourth-order valence-corrected chi connectivity index (χ4v) is 4.89. The van der Waals surface area contributed by atoms with Crippen LogP contribution in [0.15, 0.2) is 47.1 Å². The van der Waals surface area contributed by atoms with Crippen LogP contribution in [0.25, 0.3) is 0 Å².